The lowest BCUT2D eigenvalue weighted by Crippen LogP contribution is -2.30. The molecule has 0 spiro atoms. The maximum absolute atomic E-state index is 12.5. The summed E-state index contributed by atoms with van der Waals surface area (Å²) in [5, 5.41) is 8.96. The number of hydrogen-bond donors (Lipinski definition) is 1. The molecular formula is C18H17N3O3S. The summed E-state index contributed by atoms with van der Waals surface area (Å²) >= 11 is 1.49. The van der Waals surface area contributed by atoms with E-state index in [1.165, 1.54) is 18.4 Å². The van der Waals surface area contributed by atoms with Gasteiger partial charge in [-0.1, -0.05) is 6.07 Å². The van der Waals surface area contributed by atoms with Crippen LogP contribution in [0.4, 0.5) is 0 Å². The Bertz CT molecular complexity index is 827. The Hall–Kier alpha value is -2.93. The van der Waals surface area contributed by atoms with Crippen molar-refractivity contribution in [2.45, 2.75) is 12.5 Å². The molecule has 0 bridgehead atoms. The normalized spacial score (nSPS) is 11.7. The van der Waals surface area contributed by atoms with E-state index < -0.39 is 6.04 Å². The fourth-order valence-electron chi connectivity index (χ4n) is 2.39. The average molecular weight is 355 g/mol. The summed E-state index contributed by atoms with van der Waals surface area (Å²) in [7, 11) is 1.34. The molecule has 0 radical (unpaired) electrons. The SMILES string of the molecule is COC(=O)C[C@@H](NC(=O)c1ccc(-n2cccn2)cc1)c1cccs1. The molecule has 0 fully saturated rings. The number of ether oxygens (including phenoxy) is 1. The van der Waals surface area contributed by atoms with Gasteiger partial charge in [0.05, 0.1) is 25.3 Å². The van der Waals surface area contributed by atoms with Gasteiger partial charge in [0.1, 0.15) is 0 Å². The predicted octanol–water partition coefficient (Wildman–Crippen LogP) is 2.97. The van der Waals surface area contributed by atoms with Gasteiger partial charge >= 0.3 is 5.97 Å². The highest BCUT2D eigenvalue weighted by Gasteiger charge is 2.20. The van der Waals surface area contributed by atoms with Gasteiger partial charge in [-0.15, -0.1) is 11.3 Å². The van der Waals surface area contributed by atoms with Gasteiger partial charge in [0, 0.05) is 22.8 Å². The summed E-state index contributed by atoms with van der Waals surface area (Å²) in [6.45, 7) is 0. The van der Waals surface area contributed by atoms with Crippen LogP contribution in [0, 0.1) is 0 Å². The molecule has 128 valence electrons. The number of methoxy groups -OCH3 is 1. The number of nitrogens with zero attached hydrogens (tertiary/aromatic N) is 2. The van der Waals surface area contributed by atoms with Crippen molar-refractivity contribution in [3.05, 3.63) is 70.7 Å². The molecule has 0 aliphatic heterocycles. The zero-order chi connectivity index (χ0) is 17.6. The first-order valence-corrected chi connectivity index (χ1v) is 8.56. The minimum Gasteiger partial charge on any atom is -0.469 e. The molecule has 7 heteroatoms. The number of hydrogen-bond acceptors (Lipinski definition) is 5. The minimum atomic E-state index is -0.411. The summed E-state index contributed by atoms with van der Waals surface area (Å²) in [6, 6.07) is 12.3. The van der Waals surface area contributed by atoms with E-state index in [1.54, 1.807) is 23.0 Å². The number of nitrogens with one attached hydrogen (secondary N) is 1. The molecule has 0 aliphatic carbocycles. The monoisotopic (exact) mass is 355 g/mol. The lowest BCUT2D eigenvalue weighted by atomic mass is 10.1. The second-order valence-electron chi connectivity index (χ2n) is 5.32. The van der Waals surface area contributed by atoms with Crippen LogP contribution < -0.4 is 5.32 Å². The third-order valence-electron chi connectivity index (χ3n) is 3.69. The van der Waals surface area contributed by atoms with Crippen molar-refractivity contribution >= 4 is 23.2 Å². The van der Waals surface area contributed by atoms with Crippen LogP contribution in [0.1, 0.15) is 27.7 Å². The summed E-state index contributed by atoms with van der Waals surface area (Å²) in [4.78, 5) is 25.1. The maximum Gasteiger partial charge on any atom is 0.307 e. The quantitative estimate of drug-likeness (QED) is 0.690. The third kappa shape index (κ3) is 4.13. The number of aromatic nitrogens is 2. The highest BCUT2D eigenvalue weighted by molar-refractivity contribution is 7.10. The highest BCUT2D eigenvalue weighted by Crippen LogP contribution is 2.23. The number of carbonyl (C=O) groups excluding carboxylic acids is 2. The Morgan fingerprint density at radius 2 is 2.04 bits per heavy atom. The van der Waals surface area contributed by atoms with Crippen molar-refractivity contribution in [1.29, 1.82) is 0 Å². The van der Waals surface area contributed by atoms with Crippen LogP contribution in [0.5, 0.6) is 0 Å². The van der Waals surface area contributed by atoms with Gasteiger partial charge in [-0.25, -0.2) is 4.68 Å². The van der Waals surface area contributed by atoms with Crippen LogP contribution in [-0.4, -0.2) is 28.8 Å². The van der Waals surface area contributed by atoms with Gasteiger partial charge in [0.25, 0.3) is 5.91 Å². The predicted molar refractivity (Wildman–Crippen MR) is 94.7 cm³/mol. The Kier molecular flexibility index (Phi) is 5.25. The zero-order valence-electron chi connectivity index (χ0n) is 13.6. The van der Waals surface area contributed by atoms with E-state index in [0.717, 1.165) is 10.6 Å². The molecule has 25 heavy (non-hydrogen) atoms. The van der Waals surface area contributed by atoms with Crippen LogP contribution in [0.15, 0.2) is 60.2 Å². The third-order valence-corrected chi connectivity index (χ3v) is 4.67. The van der Waals surface area contributed by atoms with Crippen LogP contribution in [-0.2, 0) is 9.53 Å². The molecule has 2 aromatic heterocycles. The summed E-state index contributed by atoms with van der Waals surface area (Å²) in [5.74, 6) is -0.609. The molecule has 0 unspecified atom stereocenters. The highest BCUT2D eigenvalue weighted by atomic mass is 32.1. The van der Waals surface area contributed by atoms with Crippen molar-refractivity contribution < 1.29 is 14.3 Å². The van der Waals surface area contributed by atoms with Crippen molar-refractivity contribution in [1.82, 2.24) is 15.1 Å². The number of thiophene rings is 1. The molecule has 1 amide bonds. The Morgan fingerprint density at radius 1 is 1.24 bits per heavy atom. The molecule has 2 heterocycles. The Labute approximate surface area is 149 Å². The number of rotatable bonds is 6. The molecule has 0 saturated carbocycles. The topological polar surface area (TPSA) is 73.2 Å². The second kappa shape index (κ2) is 7.76. The lowest BCUT2D eigenvalue weighted by Gasteiger charge is -2.16. The standard InChI is InChI=1S/C18H17N3O3S/c1-24-17(22)12-15(16-4-2-11-25-16)20-18(23)13-5-7-14(8-6-13)21-10-3-9-19-21/h2-11,15H,12H2,1H3,(H,20,23)/t15-/m1/s1. The van der Waals surface area contributed by atoms with E-state index in [0.29, 0.717) is 5.56 Å². The van der Waals surface area contributed by atoms with Crippen molar-refractivity contribution in [3.8, 4) is 5.69 Å². The second-order valence-corrected chi connectivity index (χ2v) is 6.30. The lowest BCUT2D eigenvalue weighted by molar-refractivity contribution is -0.141. The number of benzene rings is 1. The van der Waals surface area contributed by atoms with Crippen LogP contribution in [0.25, 0.3) is 5.69 Å². The first kappa shape index (κ1) is 16.9. The Balaban J connectivity index is 1.73. The van der Waals surface area contributed by atoms with E-state index >= 15 is 0 Å². The van der Waals surface area contributed by atoms with Crippen molar-refractivity contribution in [3.63, 3.8) is 0 Å². The van der Waals surface area contributed by atoms with Crippen LogP contribution in [0.2, 0.25) is 0 Å². The molecule has 3 aromatic rings. The van der Waals surface area contributed by atoms with Gasteiger partial charge in [0.15, 0.2) is 0 Å². The number of carbonyl (C=O) groups is 2. The van der Waals surface area contributed by atoms with Gasteiger partial charge in [-0.3, -0.25) is 9.59 Å². The fraction of sp³-hybridized carbons (Fsp3) is 0.167. The Morgan fingerprint density at radius 3 is 2.64 bits per heavy atom. The minimum absolute atomic E-state index is 0.0914. The van der Waals surface area contributed by atoms with E-state index in [9.17, 15) is 9.59 Å². The first-order chi connectivity index (χ1) is 12.2. The molecule has 0 saturated heterocycles. The van der Waals surface area contributed by atoms with Gasteiger partial charge in [0.2, 0.25) is 0 Å². The summed E-state index contributed by atoms with van der Waals surface area (Å²) in [5.41, 5.74) is 1.38. The molecule has 1 atom stereocenters. The van der Waals surface area contributed by atoms with Crippen molar-refractivity contribution in [2.24, 2.45) is 0 Å². The molecular weight excluding hydrogens is 338 g/mol. The first-order valence-electron chi connectivity index (χ1n) is 7.68. The van der Waals surface area contributed by atoms with E-state index in [1.807, 2.05) is 41.9 Å². The van der Waals surface area contributed by atoms with Gasteiger partial charge < -0.3 is 10.1 Å². The van der Waals surface area contributed by atoms with E-state index in [4.69, 9.17) is 4.74 Å². The molecule has 0 aliphatic rings. The van der Waals surface area contributed by atoms with Crippen LogP contribution >= 0.6 is 11.3 Å². The van der Waals surface area contributed by atoms with Gasteiger partial charge in [-0.2, -0.15) is 5.10 Å². The smallest absolute Gasteiger partial charge is 0.307 e. The molecule has 6 nitrogen and oxygen atoms in total. The van der Waals surface area contributed by atoms with E-state index in [-0.39, 0.29) is 18.3 Å². The zero-order valence-corrected chi connectivity index (χ0v) is 14.4. The largest absolute Gasteiger partial charge is 0.469 e. The molecule has 3 rings (SSSR count). The molecule has 1 aromatic carbocycles. The van der Waals surface area contributed by atoms with Crippen molar-refractivity contribution in [2.75, 3.05) is 7.11 Å². The van der Waals surface area contributed by atoms with E-state index in [2.05, 4.69) is 10.4 Å². The van der Waals surface area contributed by atoms with Crippen LogP contribution in [0.3, 0.4) is 0 Å². The summed E-state index contributed by atoms with van der Waals surface area (Å²) in [6.07, 6.45) is 3.62. The average Bonchev–Trinajstić information content (AvgIpc) is 3.34. The van der Waals surface area contributed by atoms with Gasteiger partial charge in [-0.05, 0) is 41.8 Å². The summed E-state index contributed by atoms with van der Waals surface area (Å²) < 4.78 is 6.44. The fourth-order valence-corrected chi connectivity index (χ4v) is 3.17. The maximum atomic E-state index is 12.5. The molecule has 1 N–H and O–H groups in total. The number of amides is 1. The number of esters is 1.